The predicted octanol–water partition coefficient (Wildman–Crippen LogP) is 0.443. The number of likely N-dealkylation sites (N-methyl/N-ethyl adjacent to an activating group) is 1. The molecule has 0 rings (SSSR count). The predicted molar refractivity (Wildman–Crippen MR) is 116 cm³/mol. The van der Waals surface area contributed by atoms with Crippen LogP contribution >= 0.6 is 0 Å². The van der Waals surface area contributed by atoms with Gasteiger partial charge < -0.3 is 22.5 Å². The lowest BCUT2D eigenvalue weighted by molar-refractivity contribution is -0.139. The molecule has 0 bridgehead atoms. The number of nitrogens with two attached hydrogens (primary N) is 3. The monoisotopic (exact) mass is 414 g/mol. The molecule has 0 radical (unpaired) electrons. The third kappa shape index (κ3) is 9.71. The van der Waals surface area contributed by atoms with E-state index in [2.05, 4.69) is 5.32 Å². The zero-order valence-electron chi connectivity index (χ0n) is 19.5. The fourth-order valence-corrected chi connectivity index (χ4v) is 2.32. The SMILES string of the molecule is CC(C)[C@H](N)C(=O)C(=O)[C@@H](N)C(C)C.CN[C@H](C(=O)C(=O)[C@@H](N)C(C)C)C(C)C. The highest BCUT2D eigenvalue weighted by atomic mass is 16.2. The Morgan fingerprint density at radius 1 is 0.517 bits per heavy atom. The summed E-state index contributed by atoms with van der Waals surface area (Å²) in [5, 5.41) is 2.85. The molecule has 29 heavy (non-hydrogen) atoms. The molecule has 8 heteroatoms. The van der Waals surface area contributed by atoms with E-state index in [1.807, 2.05) is 27.7 Å². The van der Waals surface area contributed by atoms with E-state index in [9.17, 15) is 19.2 Å². The smallest absolute Gasteiger partial charge is 0.217 e. The van der Waals surface area contributed by atoms with Crippen molar-refractivity contribution in [1.29, 1.82) is 0 Å². The van der Waals surface area contributed by atoms with Gasteiger partial charge in [0.25, 0.3) is 0 Å². The second-order valence-electron chi connectivity index (χ2n) is 8.78. The van der Waals surface area contributed by atoms with Gasteiger partial charge in [-0.05, 0) is 30.7 Å². The maximum Gasteiger partial charge on any atom is 0.217 e. The molecule has 0 aliphatic heterocycles. The lowest BCUT2D eigenvalue weighted by Crippen LogP contribution is -2.49. The Kier molecular flexibility index (Phi) is 14.0. The van der Waals surface area contributed by atoms with E-state index in [0.29, 0.717) is 0 Å². The van der Waals surface area contributed by atoms with Gasteiger partial charge in [0.1, 0.15) is 0 Å². The quantitative estimate of drug-likeness (QED) is 0.355. The van der Waals surface area contributed by atoms with E-state index in [1.54, 1.807) is 34.7 Å². The molecular weight excluding hydrogens is 372 g/mol. The Morgan fingerprint density at radius 3 is 0.931 bits per heavy atom. The molecule has 7 N–H and O–H groups in total. The van der Waals surface area contributed by atoms with Crippen molar-refractivity contribution in [3.05, 3.63) is 0 Å². The largest absolute Gasteiger partial charge is 0.321 e. The minimum Gasteiger partial charge on any atom is -0.321 e. The van der Waals surface area contributed by atoms with Crippen molar-refractivity contribution >= 4 is 23.1 Å². The molecule has 0 aromatic rings. The van der Waals surface area contributed by atoms with Crippen molar-refractivity contribution in [2.45, 2.75) is 79.6 Å². The number of carbonyl (C=O) groups is 4. The number of Topliss-reactive ketones (excluding diaryl/α,β-unsaturated/α-hetero) is 4. The minimum absolute atomic E-state index is 0.00822. The van der Waals surface area contributed by atoms with Gasteiger partial charge in [-0.1, -0.05) is 55.4 Å². The number of rotatable bonds is 11. The number of hydrogen-bond acceptors (Lipinski definition) is 8. The van der Waals surface area contributed by atoms with E-state index in [4.69, 9.17) is 17.2 Å². The van der Waals surface area contributed by atoms with Crippen LogP contribution in [0.4, 0.5) is 0 Å². The summed E-state index contributed by atoms with van der Waals surface area (Å²) in [7, 11) is 1.68. The molecule has 0 spiro atoms. The van der Waals surface area contributed by atoms with Crippen molar-refractivity contribution < 1.29 is 19.2 Å². The first-order valence-electron chi connectivity index (χ1n) is 10.2. The van der Waals surface area contributed by atoms with Crippen LogP contribution in [0.1, 0.15) is 55.4 Å². The number of ketones is 4. The Labute approximate surface area is 175 Å². The van der Waals surface area contributed by atoms with Crippen molar-refractivity contribution in [3.8, 4) is 0 Å². The average Bonchev–Trinajstić information content (AvgIpc) is 2.64. The molecule has 0 heterocycles. The molecule has 0 amide bonds. The van der Waals surface area contributed by atoms with Crippen LogP contribution in [0, 0.1) is 23.7 Å². The van der Waals surface area contributed by atoms with Crippen LogP contribution in [0.3, 0.4) is 0 Å². The number of nitrogens with one attached hydrogen (secondary N) is 1. The van der Waals surface area contributed by atoms with Gasteiger partial charge in [0.2, 0.25) is 23.1 Å². The topological polar surface area (TPSA) is 158 Å². The first kappa shape index (κ1) is 29.7. The van der Waals surface area contributed by atoms with E-state index >= 15 is 0 Å². The maximum absolute atomic E-state index is 11.8. The summed E-state index contributed by atoms with van der Waals surface area (Å²) in [6.45, 7) is 14.7. The van der Waals surface area contributed by atoms with Crippen molar-refractivity contribution in [2.24, 2.45) is 40.9 Å². The fraction of sp³-hybridized carbons (Fsp3) is 0.810. The Balaban J connectivity index is 0. The summed E-state index contributed by atoms with van der Waals surface area (Å²) >= 11 is 0. The Bertz CT molecular complexity index is 535. The van der Waals surface area contributed by atoms with Gasteiger partial charge in [-0.2, -0.15) is 0 Å². The number of hydrogen-bond donors (Lipinski definition) is 4. The van der Waals surface area contributed by atoms with Gasteiger partial charge in [-0.25, -0.2) is 0 Å². The molecule has 0 aliphatic rings. The molecule has 0 fully saturated rings. The summed E-state index contributed by atoms with van der Waals surface area (Å²) in [4.78, 5) is 46.4. The second kappa shape index (κ2) is 13.7. The highest BCUT2D eigenvalue weighted by molar-refractivity contribution is 6.41. The molecule has 4 atom stereocenters. The molecular formula is C21H42N4O4. The van der Waals surface area contributed by atoms with Crippen LogP contribution in [0.15, 0.2) is 0 Å². The third-order valence-electron chi connectivity index (χ3n) is 4.81. The molecule has 0 aliphatic carbocycles. The maximum atomic E-state index is 11.8. The van der Waals surface area contributed by atoms with Gasteiger partial charge in [0.05, 0.1) is 24.2 Å². The fourth-order valence-electron chi connectivity index (χ4n) is 2.32. The van der Waals surface area contributed by atoms with Crippen LogP contribution < -0.4 is 22.5 Å². The number of carbonyl (C=O) groups excluding carboxylic acids is 4. The van der Waals surface area contributed by atoms with Gasteiger partial charge in [0.15, 0.2) is 0 Å². The van der Waals surface area contributed by atoms with Gasteiger partial charge in [0, 0.05) is 0 Å². The second-order valence-corrected chi connectivity index (χ2v) is 8.78. The lowest BCUT2D eigenvalue weighted by atomic mass is 9.91. The first-order chi connectivity index (χ1) is 13.1. The van der Waals surface area contributed by atoms with E-state index < -0.39 is 47.3 Å². The first-order valence-corrected chi connectivity index (χ1v) is 10.2. The minimum atomic E-state index is -0.729. The molecule has 0 aromatic heterocycles. The zero-order valence-corrected chi connectivity index (χ0v) is 19.5. The zero-order chi connectivity index (χ0) is 23.6. The van der Waals surface area contributed by atoms with Crippen molar-refractivity contribution in [3.63, 3.8) is 0 Å². The Hall–Kier alpha value is -1.48. The average molecular weight is 415 g/mol. The summed E-state index contributed by atoms with van der Waals surface area (Å²) in [5.74, 6) is -1.98. The standard InChI is InChI=1S/C11H22N2O2.C10H20N2O2/c1-6(2)8(12)10(14)11(15)9(13-5)7(3)4;1-5(2)7(11)9(13)10(14)8(12)6(3)4/h6-9,13H,12H2,1-5H3;5-8H,11-12H2,1-4H3/t8-,9-;7-,8-/m00/s1. The normalized spacial score (nSPS) is 15.6. The highest BCUT2D eigenvalue weighted by Gasteiger charge is 2.31. The van der Waals surface area contributed by atoms with E-state index in [1.165, 1.54) is 0 Å². The molecule has 0 unspecified atom stereocenters. The summed E-state index contributed by atoms with van der Waals surface area (Å²) in [6.07, 6.45) is 0. The van der Waals surface area contributed by atoms with E-state index in [0.717, 1.165) is 0 Å². The van der Waals surface area contributed by atoms with Gasteiger partial charge in [-0.3, -0.25) is 19.2 Å². The van der Waals surface area contributed by atoms with Crippen LogP contribution in [-0.4, -0.2) is 54.3 Å². The van der Waals surface area contributed by atoms with Crippen LogP contribution in [0.25, 0.3) is 0 Å². The highest BCUT2D eigenvalue weighted by Crippen LogP contribution is 2.08. The van der Waals surface area contributed by atoms with E-state index in [-0.39, 0.29) is 23.7 Å². The Morgan fingerprint density at radius 2 is 0.759 bits per heavy atom. The lowest BCUT2D eigenvalue weighted by Gasteiger charge is -2.21. The van der Waals surface area contributed by atoms with Crippen LogP contribution in [0.5, 0.6) is 0 Å². The molecule has 8 nitrogen and oxygen atoms in total. The summed E-state index contributed by atoms with van der Waals surface area (Å²) in [5.41, 5.74) is 16.8. The molecule has 0 aromatic carbocycles. The molecule has 0 saturated carbocycles. The van der Waals surface area contributed by atoms with Crippen molar-refractivity contribution in [1.82, 2.24) is 5.32 Å². The molecule has 170 valence electrons. The van der Waals surface area contributed by atoms with Gasteiger partial charge >= 0.3 is 0 Å². The summed E-state index contributed by atoms with van der Waals surface area (Å²) in [6, 6.07) is -2.58. The van der Waals surface area contributed by atoms with Crippen LogP contribution in [-0.2, 0) is 19.2 Å². The third-order valence-corrected chi connectivity index (χ3v) is 4.81. The van der Waals surface area contributed by atoms with Crippen molar-refractivity contribution in [2.75, 3.05) is 7.05 Å². The summed E-state index contributed by atoms with van der Waals surface area (Å²) < 4.78 is 0. The van der Waals surface area contributed by atoms with Crippen LogP contribution in [0.2, 0.25) is 0 Å². The molecule has 0 saturated heterocycles. The van der Waals surface area contributed by atoms with Gasteiger partial charge in [-0.15, -0.1) is 0 Å².